The maximum absolute atomic E-state index is 6.59. The summed E-state index contributed by atoms with van der Waals surface area (Å²) in [5.41, 5.74) is 2.06. The first-order valence-corrected chi connectivity index (χ1v) is 8.24. The van der Waals surface area contributed by atoms with Crippen LogP contribution in [0.3, 0.4) is 0 Å². The largest absolute Gasteiger partial charge is 0.494 e. The van der Waals surface area contributed by atoms with E-state index in [0.717, 1.165) is 21.3 Å². The van der Waals surface area contributed by atoms with Crippen LogP contribution in [-0.4, -0.2) is 6.61 Å². The third kappa shape index (κ3) is 3.86. The fraction of sp³-hybridized carbons (Fsp3) is 0.200. The van der Waals surface area contributed by atoms with Crippen molar-refractivity contribution in [3.05, 3.63) is 61.6 Å². The average Bonchev–Trinajstić information content (AvgIpc) is 2.41. The normalized spacial score (nSPS) is 12.2. The van der Waals surface area contributed by atoms with E-state index in [4.69, 9.17) is 16.3 Å². The number of hydrogen-bond acceptors (Lipinski definition) is 1. The Morgan fingerprint density at radius 3 is 2.53 bits per heavy atom. The van der Waals surface area contributed by atoms with Crippen LogP contribution >= 0.6 is 50.1 Å². The Morgan fingerprint density at radius 2 is 1.89 bits per heavy atom. The second kappa shape index (κ2) is 6.95. The molecule has 0 spiro atoms. The van der Waals surface area contributed by atoms with Gasteiger partial charge in [0.05, 0.1) is 12.0 Å². The molecule has 1 unspecified atom stereocenters. The summed E-state index contributed by atoms with van der Waals surface area (Å²) in [7, 11) is 0. The summed E-state index contributed by atoms with van der Waals surface area (Å²) < 4.78 is 7.85. The molecule has 0 amide bonds. The van der Waals surface area contributed by atoms with Gasteiger partial charge in [0.15, 0.2) is 0 Å². The lowest BCUT2D eigenvalue weighted by molar-refractivity contribution is 0.337. The van der Waals surface area contributed by atoms with Crippen molar-refractivity contribution < 1.29 is 4.74 Å². The molecule has 2 aromatic rings. The van der Waals surface area contributed by atoms with Gasteiger partial charge in [-0.1, -0.05) is 28.1 Å². The van der Waals surface area contributed by atoms with Crippen molar-refractivity contribution >= 4 is 50.1 Å². The van der Waals surface area contributed by atoms with Crippen LogP contribution < -0.4 is 4.74 Å². The number of rotatable bonds is 4. The molecule has 0 aliphatic rings. The number of halogens is 3. The van der Waals surface area contributed by atoms with E-state index in [0.29, 0.717) is 6.61 Å². The van der Waals surface area contributed by atoms with Crippen molar-refractivity contribution in [3.63, 3.8) is 0 Å². The van der Waals surface area contributed by atoms with E-state index >= 15 is 0 Å². The Labute approximate surface area is 140 Å². The van der Waals surface area contributed by atoms with Crippen molar-refractivity contribution in [3.8, 4) is 5.75 Å². The molecular weight excluding hydrogens is 438 g/mol. The highest BCUT2D eigenvalue weighted by Crippen LogP contribution is 2.37. The summed E-state index contributed by atoms with van der Waals surface area (Å²) in [5.74, 6) is 0.837. The minimum Gasteiger partial charge on any atom is -0.494 e. The molecular formula is C15H13BrClIO. The highest BCUT2D eigenvalue weighted by atomic mass is 127. The fourth-order valence-corrected chi connectivity index (χ4v) is 2.87. The van der Waals surface area contributed by atoms with Gasteiger partial charge in [0.25, 0.3) is 0 Å². The number of alkyl halides is 1. The van der Waals surface area contributed by atoms with Crippen molar-refractivity contribution in [2.24, 2.45) is 0 Å². The second-order valence-corrected chi connectivity index (χ2v) is 6.63. The van der Waals surface area contributed by atoms with Crippen molar-refractivity contribution in [2.45, 2.75) is 12.3 Å². The van der Waals surface area contributed by atoms with Gasteiger partial charge in [-0.25, -0.2) is 0 Å². The third-order valence-corrected chi connectivity index (χ3v) is 4.41. The molecule has 0 saturated carbocycles. The maximum Gasteiger partial charge on any atom is 0.124 e. The van der Waals surface area contributed by atoms with E-state index in [-0.39, 0.29) is 5.38 Å². The van der Waals surface area contributed by atoms with Gasteiger partial charge in [-0.2, -0.15) is 0 Å². The van der Waals surface area contributed by atoms with Crippen LogP contribution in [0.15, 0.2) is 46.9 Å². The van der Waals surface area contributed by atoms with Crippen molar-refractivity contribution in [1.82, 2.24) is 0 Å². The Balaban J connectivity index is 2.39. The Hall–Kier alpha value is -0.260. The van der Waals surface area contributed by atoms with Crippen molar-refractivity contribution in [1.29, 1.82) is 0 Å². The zero-order chi connectivity index (χ0) is 13.8. The van der Waals surface area contributed by atoms with Crippen molar-refractivity contribution in [2.75, 3.05) is 6.61 Å². The van der Waals surface area contributed by atoms with Gasteiger partial charge >= 0.3 is 0 Å². The first kappa shape index (κ1) is 15.1. The molecule has 100 valence electrons. The summed E-state index contributed by atoms with van der Waals surface area (Å²) in [6.07, 6.45) is 0. The van der Waals surface area contributed by atoms with E-state index < -0.39 is 0 Å². The van der Waals surface area contributed by atoms with Gasteiger partial charge in [-0.3, -0.25) is 0 Å². The standard InChI is InChI=1S/C15H13BrClIO/c1-2-19-14-8-5-11(16)9-13(14)15(17)10-3-6-12(18)7-4-10/h3-9,15H,2H2,1H3. The zero-order valence-corrected chi connectivity index (χ0v) is 14.9. The zero-order valence-electron chi connectivity index (χ0n) is 10.4. The van der Waals surface area contributed by atoms with E-state index in [1.54, 1.807) is 0 Å². The van der Waals surface area contributed by atoms with Gasteiger partial charge < -0.3 is 4.74 Å². The van der Waals surface area contributed by atoms with Crippen LogP contribution in [0.4, 0.5) is 0 Å². The quantitative estimate of drug-likeness (QED) is 0.423. The smallest absolute Gasteiger partial charge is 0.124 e. The molecule has 19 heavy (non-hydrogen) atoms. The SMILES string of the molecule is CCOc1ccc(Br)cc1C(Cl)c1ccc(I)cc1. The van der Waals surface area contributed by atoms with Gasteiger partial charge in [-0.15, -0.1) is 11.6 Å². The lowest BCUT2D eigenvalue weighted by Gasteiger charge is -2.16. The molecule has 0 radical (unpaired) electrons. The Morgan fingerprint density at radius 1 is 1.21 bits per heavy atom. The first-order valence-electron chi connectivity index (χ1n) is 5.93. The molecule has 0 saturated heterocycles. The van der Waals surface area contributed by atoms with Crippen LogP contribution in [0.2, 0.25) is 0 Å². The van der Waals surface area contributed by atoms with Crippen LogP contribution in [0, 0.1) is 3.57 Å². The lowest BCUT2D eigenvalue weighted by atomic mass is 10.0. The molecule has 0 aliphatic carbocycles. The topological polar surface area (TPSA) is 9.23 Å². The summed E-state index contributed by atoms with van der Waals surface area (Å²) in [5, 5.41) is -0.212. The monoisotopic (exact) mass is 450 g/mol. The summed E-state index contributed by atoms with van der Waals surface area (Å²) in [6, 6.07) is 14.1. The maximum atomic E-state index is 6.59. The predicted molar refractivity (Wildman–Crippen MR) is 92.2 cm³/mol. The third-order valence-electron chi connectivity index (χ3n) is 2.71. The number of ether oxygens (including phenoxy) is 1. The minimum atomic E-state index is -0.212. The van der Waals surface area contributed by atoms with Gasteiger partial charge in [0, 0.05) is 13.6 Å². The summed E-state index contributed by atoms with van der Waals surface area (Å²) >= 11 is 12.4. The van der Waals surface area contributed by atoms with E-state index in [1.165, 1.54) is 3.57 Å². The molecule has 0 aromatic heterocycles. The van der Waals surface area contributed by atoms with E-state index in [2.05, 4.69) is 62.8 Å². The molecule has 2 rings (SSSR count). The average molecular weight is 452 g/mol. The molecule has 0 bridgehead atoms. The van der Waals surface area contributed by atoms with Crippen LogP contribution in [0.1, 0.15) is 23.4 Å². The summed E-state index contributed by atoms with van der Waals surface area (Å²) in [6.45, 7) is 2.60. The van der Waals surface area contributed by atoms with Gasteiger partial charge in [-0.05, 0) is 65.4 Å². The summed E-state index contributed by atoms with van der Waals surface area (Å²) in [4.78, 5) is 0. The highest BCUT2D eigenvalue weighted by Gasteiger charge is 2.16. The number of benzene rings is 2. The number of hydrogen-bond donors (Lipinski definition) is 0. The Bertz CT molecular complexity index is 557. The Kier molecular flexibility index (Phi) is 5.54. The van der Waals surface area contributed by atoms with Crippen LogP contribution in [0.5, 0.6) is 5.75 Å². The molecule has 1 nitrogen and oxygen atoms in total. The molecule has 1 atom stereocenters. The fourth-order valence-electron chi connectivity index (χ4n) is 1.82. The molecule has 0 fully saturated rings. The molecule has 4 heteroatoms. The lowest BCUT2D eigenvalue weighted by Crippen LogP contribution is -2.00. The minimum absolute atomic E-state index is 0.212. The second-order valence-electron chi connectivity index (χ2n) is 4.03. The molecule has 0 N–H and O–H groups in total. The van der Waals surface area contributed by atoms with E-state index in [9.17, 15) is 0 Å². The van der Waals surface area contributed by atoms with Crippen LogP contribution in [-0.2, 0) is 0 Å². The van der Waals surface area contributed by atoms with Gasteiger partial charge in [0.2, 0.25) is 0 Å². The molecule has 2 aromatic carbocycles. The molecule has 0 aliphatic heterocycles. The van der Waals surface area contributed by atoms with Crippen LogP contribution in [0.25, 0.3) is 0 Å². The first-order chi connectivity index (χ1) is 9.11. The highest BCUT2D eigenvalue weighted by molar-refractivity contribution is 14.1. The van der Waals surface area contributed by atoms with E-state index in [1.807, 2.05) is 25.1 Å². The predicted octanol–water partition coefficient (Wildman–Crippen LogP) is 5.78. The molecule has 0 heterocycles. The van der Waals surface area contributed by atoms with Gasteiger partial charge in [0.1, 0.15) is 5.75 Å².